The summed E-state index contributed by atoms with van der Waals surface area (Å²) in [6, 6.07) is 19.8. The predicted octanol–water partition coefficient (Wildman–Crippen LogP) is 3.28. The van der Waals surface area contributed by atoms with Gasteiger partial charge in [-0.3, -0.25) is 19.3 Å². The third kappa shape index (κ3) is 6.92. The highest BCUT2D eigenvalue weighted by Gasteiger charge is 2.26. The van der Waals surface area contributed by atoms with E-state index in [0.29, 0.717) is 32.7 Å². The number of benzene rings is 2. The summed E-state index contributed by atoms with van der Waals surface area (Å²) in [6.07, 6.45) is 8.85. The fraction of sp³-hybridized carbons (Fsp3) is 0.233. The first kappa shape index (κ1) is 25.9. The van der Waals surface area contributed by atoms with E-state index in [1.807, 2.05) is 48.5 Å². The molecular weight excluding hydrogens is 464 g/mol. The zero-order chi connectivity index (χ0) is 26.0. The van der Waals surface area contributed by atoms with E-state index in [4.69, 9.17) is 0 Å². The Kier molecular flexibility index (Phi) is 8.84. The topological polar surface area (TPSA) is 74.7 Å². The van der Waals surface area contributed by atoms with Gasteiger partial charge in [0.15, 0.2) is 0 Å². The SMILES string of the molecule is C=CCNC(=O)c1cn(Cc2ccccc2)cc(C(=O)N2CCN(CC=Cc3ccccc3)CC2)c1=O. The van der Waals surface area contributed by atoms with Crippen LogP contribution in [0, 0.1) is 0 Å². The van der Waals surface area contributed by atoms with Crippen LogP contribution >= 0.6 is 0 Å². The molecule has 1 aromatic heterocycles. The predicted molar refractivity (Wildman–Crippen MR) is 147 cm³/mol. The van der Waals surface area contributed by atoms with Gasteiger partial charge >= 0.3 is 0 Å². The van der Waals surface area contributed by atoms with Crippen LogP contribution in [0.4, 0.5) is 0 Å². The quantitative estimate of drug-likeness (QED) is 0.462. The lowest BCUT2D eigenvalue weighted by atomic mass is 10.1. The molecule has 4 rings (SSSR count). The maximum absolute atomic E-state index is 13.5. The average molecular weight is 497 g/mol. The second-order valence-corrected chi connectivity index (χ2v) is 8.98. The number of aromatic nitrogens is 1. The maximum atomic E-state index is 13.5. The molecule has 0 spiro atoms. The van der Waals surface area contributed by atoms with Crippen molar-refractivity contribution < 1.29 is 9.59 Å². The smallest absolute Gasteiger partial charge is 0.259 e. The number of carbonyl (C=O) groups is 2. The van der Waals surface area contributed by atoms with E-state index in [0.717, 1.165) is 17.7 Å². The van der Waals surface area contributed by atoms with Crippen molar-refractivity contribution in [3.63, 3.8) is 0 Å². The van der Waals surface area contributed by atoms with Gasteiger partial charge in [0.2, 0.25) is 5.43 Å². The summed E-state index contributed by atoms with van der Waals surface area (Å²) < 4.78 is 1.73. The number of pyridine rings is 1. The fourth-order valence-electron chi connectivity index (χ4n) is 4.30. The highest BCUT2D eigenvalue weighted by molar-refractivity contribution is 5.99. The molecule has 1 saturated heterocycles. The summed E-state index contributed by atoms with van der Waals surface area (Å²) in [4.78, 5) is 43.4. The van der Waals surface area contributed by atoms with Crippen LogP contribution in [0.2, 0.25) is 0 Å². The summed E-state index contributed by atoms with van der Waals surface area (Å²) in [7, 11) is 0. The summed E-state index contributed by atoms with van der Waals surface area (Å²) in [5, 5.41) is 2.66. The number of rotatable bonds is 9. The molecule has 190 valence electrons. The molecule has 7 nitrogen and oxygen atoms in total. The van der Waals surface area contributed by atoms with Crippen LogP contribution in [0.1, 0.15) is 31.8 Å². The van der Waals surface area contributed by atoms with Gasteiger partial charge in [-0.25, -0.2) is 0 Å². The van der Waals surface area contributed by atoms with Crippen LogP contribution in [-0.4, -0.2) is 65.4 Å². The van der Waals surface area contributed by atoms with Crippen molar-refractivity contribution in [2.75, 3.05) is 39.3 Å². The molecule has 0 unspecified atom stereocenters. The van der Waals surface area contributed by atoms with Crippen molar-refractivity contribution in [1.82, 2.24) is 19.7 Å². The lowest BCUT2D eigenvalue weighted by Gasteiger charge is -2.34. The minimum Gasteiger partial charge on any atom is -0.348 e. The second kappa shape index (κ2) is 12.6. The zero-order valence-electron chi connectivity index (χ0n) is 20.9. The molecule has 1 N–H and O–H groups in total. The number of nitrogens with one attached hydrogen (secondary N) is 1. The summed E-state index contributed by atoms with van der Waals surface area (Å²) in [5.74, 6) is -0.860. The van der Waals surface area contributed by atoms with E-state index in [2.05, 4.69) is 41.1 Å². The Morgan fingerprint density at radius 1 is 0.892 bits per heavy atom. The summed E-state index contributed by atoms with van der Waals surface area (Å²) in [6.45, 7) is 7.52. The van der Waals surface area contributed by atoms with Gasteiger partial charge in [0.1, 0.15) is 11.1 Å². The Labute approximate surface area is 217 Å². The number of piperazine rings is 1. The number of amides is 2. The largest absolute Gasteiger partial charge is 0.348 e. The standard InChI is InChI=1S/C30H32N4O3/c1-2-15-31-29(36)26-22-33(21-25-12-7-4-8-13-25)23-27(28(26)35)30(37)34-19-17-32(18-20-34)16-9-14-24-10-5-3-6-11-24/h2-14,22-23H,1,15-21H2,(H,31,36). The highest BCUT2D eigenvalue weighted by atomic mass is 16.2. The Morgan fingerprint density at radius 2 is 1.54 bits per heavy atom. The van der Waals surface area contributed by atoms with Gasteiger partial charge in [0, 0.05) is 58.2 Å². The number of hydrogen-bond acceptors (Lipinski definition) is 4. The molecular formula is C30H32N4O3. The lowest BCUT2D eigenvalue weighted by molar-refractivity contribution is 0.0648. The second-order valence-electron chi connectivity index (χ2n) is 8.98. The minimum atomic E-state index is -0.552. The summed E-state index contributed by atoms with van der Waals surface area (Å²) in [5.41, 5.74) is 1.57. The van der Waals surface area contributed by atoms with Gasteiger partial charge in [-0.2, -0.15) is 0 Å². The van der Waals surface area contributed by atoms with Crippen molar-refractivity contribution in [2.24, 2.45) is 0 Å². The van der Waals surface area contributed by atoms with Crippen LogP contribution in [-0.2, 0) is 6.54 Å². The first-order valence-corrected chi connectivity index (χ1v) is 12.5. The Balaban J connectivity index is 1.48. The van der Waals surface area contributed by atoms with Gasteiger partial charge in [-0.15, -0.1) is 6.58 Å². The minimum absolute atomic E-state index is 0.0135. The lowest BCUT2D eigenvalue weighted by Crippen LogP contribution is -2.49. The van der Waals surface area contributed by atoms with E-state index in [-0.39, 0.29) is 23.6 Å². The zero-order valence-corrected chi connectivity index (χ0v) is 20.9. The molecule has 0 bridgehead atoms. The molecule has 7 heteroatoms. The summed E-state index contributed by atoms with van der Waals surface area (Å²) >= 11 is 0. The Hall–Kier alpha value is -4.23. The monoisotopic (exact) mass is 496 g/mol. The molecule has 0 aliphatic carbocycles. The van der Waals surface area contributed by atoms with Gasteiger partial charge in [-0.05, 0) is 11.1 Å². The van der Waals surface area contributed by atoms with Crippen molar-refractivity contribution in [1.29, 1.82) is 0 Å². The maximum Gasteiger partial charge on any atom is 0.259 e. The normalized spacial score (nSPS) is 14.0. The third-order valence-electron chi connectivity index (χ3n) is 6.30. The molecule has 37 heavy (non-hydrogen) atoms. The molecule has 0 radical (unpaired) electrons. The average Bonchev–Trinajstić information content (AvgIpc) is 2.93. The number of carbonyl (C=O) groups excluding carboxylic acids is 2. The van der Waals surface area contributed by atoms with Crippen molar-refractivity contribution in [2.45, 2.75) is 6.54 Å². The van der Waals surface area contributed by atoms with E-state index in [9.17, 15) is 14.4 Å². The van der Waals surface area contributed by atoms with E-state index in [1.54, 1.807) is 21.7 Å². The van der Waals surface area contributed by atoms with E-state index in [1.165, 1.54) is 6.20 Å². The van der Waals surface area contributed by atoms with Crippen LogP contribution in [0.5, 0.6) is 0 Å². The Bertz CT molecular complexity index is 1310. The molecule has 0 atom stereocenters. The molecule has 0 saturated carbocycles. The molecule has 2 heterocycles. The first-order chi connectivity index (χ1) is 18.0. The Morgan fingerprint density at radius 3 is 2.22 bits per heavy atom. The van der Waals surface area contributed by atoms with Gasteiger partial charge in [-0.1, -0.05) is 78.9 Å². The van der Waals surface area contributed by atoms with Crippen LogP contribution in [0.3, 0.4) is 0 Å². The molecule has 1 aliphatic rings. The van der Waals surface area contributed by atoms with Gasteiger partial charge in [0.05, 0.1) is 0 Å². The van der Waals surface area contributed by atoms with E-state index < -0.39 is 11.3 Å². The van der Waals surface area contributed by atoms with Crippen LogP contribution < -0.4 is 10.7 Å². The van der Waals surface area contributed by atoms with Crippen LogP contribution in [0.25, 0.3) is 6.08 Å². The number of hydrogen-bond donors (Lipinski definition) is 1. The highest BCUT2D eigenvalue weighted by Crippen LogP contribution is 2.11. The molecule has 1 fully saturated rings. The first-order valence-electron chi connectivity index (χ1n) is 12.5. The van der Waals surface area contributed by atoms with Crippen LogP contribution in [0.15, 0.2) is 96.6 Å². The fourth-order valence-corrected chi connectivity index (χ4v) is 4.30. The molecule has 2 aromatic carbocycles. The molecule has 3 aromatic rings. The molecule has 1 aliphatic heterocycles. The van der Waals surface area contributed by atoms with Gasteiger partial charge in [0.25, 0.3) is 11.8 Å². The van der Waals surface area contributed by atoms with Crippen molar-refractivity contribution in [3.05, 3.63) is 124 Å². The van der Waals surface area contributed by atoms with Crippen molar-refractivity contribution >= 4 is 17.9 Å². The number of nitrogens with zero attached hydrogens (tertiary/aromatic N) is 3. The third-order valence-corrected chi connectivity index (χ3v) is 6.30. The molecule has 2 amide bonds. The van der Waals surface area contributed by atoms with E-state index >= 15 is 0 Å². The van der Waals surface area contributed by atoms with Gasteiger partial charge < -0.3 is 14.8 Å². The van der Waals surface area contributed by atoms with Crippen molar-refractivity contribution in [3.8, 4) is 0 Å².